The highest BCUT2D eigenvalue weighted by Gasteiger charge is 2.38. The van der Waals surface area contributed by atoms with Crippen molar-refractivity contribution in [2.45, 2.75) is 36.3 Å². The first-order valence-corrected chi connectivity index (χ1v) is 13.1. The first kappa shape index (κ1) is 21.9. The highest BCUT2D eigenvalue weighted by atomic mass is 32.2. The maximum atomic E-state index is 12.8. The zero-order valence-electron chi connectivity index (χ0n) is 18.3. The number of hydrogen-bond donors (Lipinski definition) is 1. The fourth-order valence-electron chi connectivity index (χ4n) is 4.33. The third-order valence-corrected chi connectivity index (χ3v) is 8.09. The van der Waals surface area contributed by atoms with Crippen molar-refractivity contribution < 1.29 is 4.79 Å². The summed E-state index contributed by atoms with van der Waals surface area (Å²) >= 11 is 3.15. The Hall–Kier alpha value is -2.90. The van der Waals surface area contributed by atoms with Crippen LogP contribution in [0, 0.1) is 0 Å². The molecule has 2 aromatic carbocycles. The lowest BCUT2D eigenvalue weighted by atomic mass is 9.64. The summed E-state index contributed by atoms with van der Waals surface area (Å²) in [6, 6.07) is 24.8. The molecule has 0 unspecified atom stereocenters. The van der Waals surface area contributed by atoms with Crippen LogP contribution < -0.4 is 5.32 Å². The first-order valence-electron chi connectivity index (χ1n) is 11.2. The fourth-order valence-corrected chi connectivity index (χ4v) is 5.83. The molecule has 0 saturated heterocycles. The molecule has 0 bridgehead atoms. The molecule has 0 spiro atoms. The van der Waals surface area contributed by atoms with E-state index in [1.54, 1.807) is 11.3 Å². The van der Waals surface area contributed by atoms with E-state index in [4.69, 9.17) is 0 Å². The molecule has 0 aliphatic heterocycles. The molecule has 1 N–H and O–H groups in total. The van der Waals surface area contributed by atoms with Crippen LogP contribution in [0.2, 0.25) is 0 Å². The van der Waals surface area contributed by atoms with E-state index in [0.717, 1.165) is 29.5 Å². The van der Waals surface area contributed by atoms with Crippen molar-refractivity contribution in [3.63, 3.8) is 0 Å². The van der Waals surface area contributed by atoms with Crippen LogP contribution in [0.15, 0.2) is 83.3 Å². The standard InChI is InChI=1S/C26H26N4OS2/c31-24(27-19-26(14-8-15-26)20-9-3-1-4-10-20)18-33-25-29-28-23(17-22-13-7-16-32-22)30(25)21-11-5-2-6-12-21/h1-7,9-13,16H,8,14-15,17-19H2,(H,27,31). The summed E-state index contributed by atoms with van der Waals surface area (Å²) in [5.41, 5.74) is 2.42. The number of amides is 1. The Morgan fingerprint density at radius 2 is 1.76 bits per heavy atom. The van der Waals surface area contributed by atoms with Crippen LogP contribution in [0.3, 0.4) is 0 Å². The van der Waals surface area contributed by atoms with Gasteiger partial charge in [0.25, 0.3) is 0 Å². The van der Waals surface area contributed by atoms with E-state index in [0.29, 0.717) is 18.7 Å². The molecular weight excluding hydrogens is 448 g/mol. The van der Waals surface area contributed by atoms with Crippen LogP contribution in [0.1, 0.15) is 35.5 Å². The van der Waals surface area contributed by atoms with Crippen molar-refractivity contribution in [3.05, 3.63) is 94.4 Å². The van der Waals surface area contributed by atoms with Crippen LogP contribution in [-0.4, -0.2) is 33.0 Å². The number of carbonyl (C=O) groups excluding carboxylic acids is 1. The lowest BCUT2D eigenvalue weighted by Gasteiger charge is -2.42. The van der Waals surface area contributed by atoms with E-state index in [9.17, 15) is 4.79 Å². The monoisotopic (exact) mass is 474 g/mol. The van der Waals surface area contributed by atoms with Gasteiger partial charge in [0.15, 0.2) is 5.16 Å². The maximum Gasteiger partial charge on any atom is 0.230 e. The number of benzene rings is 2. The Kier molecular flexibility index (Phi) is 6.60. The van der Waals surface area contributed by atoms with Gasteiger partial charge in [-0.3, -0.25) is 9.36 Å². The summed E-state index contributed by atoms with van der Waals surface area (Å²) in [5.74, 6) is 1.23. The van der Waals surface area contributed by atoms with E-state index in [1.807, 2.05) is 42.5 Å². The van der Waals surface area contributed by atoms with Crippen molar-refractivity contribution >= 4 is 29.0 Å². The van der Waals surface area contributed by atoms with E-state index in [1.165, 1.54) is 28.6 Å². The van der Waals surface area contributed by atoms with Crippen molar-refractivity contribution in [1.82, 2.24) is 20.1 Å². The zero-order valence-corrected chi connectivity index (χ0v) is 19.9. The predicted octanol–water partition coefficient (Wildman–Crippen LogP) is 5.25. The van der Waals surface area contributed by atoms with Crippen LogP contribution in [0.25, 0.3) is 5.69 Å². The Balaban J connectivity index is 1.26. The molecule has 1 amide bonds. The zero-order chi connectivity index (χ0) is 22.5. The van der Waals surface area contributed by atoms with Gasteiger partial charge < -0.3 is 5.32 Å². The summed E-state index contributed by atoms with van der Waals surface area (Å²) in [7, 11) is 0. The highest BCUT2D eigenvalue weighted by Crippen LogP contribution is 2.43. The second-order valence-electron chi connectivity index (χ2n) is 8.39. The van der Waals surface area contributed by atoms with Crippen molar-refractivity contribution in [3.8, 4) is 5.69 Å². The maximum absolute atomic E-state index is 12.8. The van der Waals surface area contributed by atoms with E-state index in [2.05, 4.69) is 55.8 Å². The SMILES string of the molecule is O=C(CSc1nnc(Cc2cccs2)n1-c1ccccc1)NCC1(c2ccccc2)CCC1. The lowest BCUT2D eigenvalue weighted by molar-refractivity contribution is -0.119. The van der Waals surface area contributed by atoms with Crippen LogP contribution in [0.5, 0.6) is 0 Å². The molecular formula is C26H26N4OS2. The highest BCUT2D eigenvalue weighted by molar-refractivity contribution is 7.99. The number of rotatable bonds is 9. The molecule has 33 heavy (non-hydrogen) atoms. The molecule has 0 radical (unpaired) electrons. The first-order chi connectivity index (χ1) is 16.2. The predicted molar refractivity (Wildman–Crippen MR) is 134 cm³/mol. The average molecular weight is 475 g/mol. The molecule has 2 aromatic heterocycles. The van der Waals surface area contributed by atoms with Crippen LogP contribution >= 0.6 is 23.1 Å². The number of thiophene rings is 1. The van der Waals surface area contributed by atoms with Gasteiger partial charge in [0.05, 0.1) is 5.75 Å². The Morgan fingerprint density at radius 1 is 1.00 bits per heavy atom. The van der Waals surface area contributed by atoms with Crippen LogP contribution in [-0.2, 0) is 16.6 Å². The van der Waals surface area contributed by atoms with E-state index < -0.39 is 0 Å². The van der Waals surface area contributed by atoms with Crippen LogP contribution in [0.4, 0.5) is 0 Å². The third-order valence-electron chi connectivity index (χ3n) is 6.28. The van der Waals surface area contributed by atoms with Gasteiger partial charge in [0, 0.05) is 28.9 Å². The van der Waals surface area contributed by atoms with Gasteiger partial charge in [0.2, 0.25) is 5.91 Å². The van der Waals surface area contributed by atoms with Gasteiger partial charge >= 0.3 is 0 Å². The van der Waals surface area contributed by atoms with E-state index in [-0.39, 0.29) is 11.3 Å². The van der Waals surface area contributed by atoms with Gasteiger partial charge in [-0.15, -0.1) is 21.5 Å². The number of carbonyl (C=O) groups is 1. The van der Waals surface area contributed by atoms with Gasteiger partial charge in [-0.1, -0.05) is 72.8 Å². The lowest BCUT2D eigenvalue weighted by Crippen LogP contribution is -2.46. The molecule has 1 aliphatic rings. The summed E-state index contributed by atoms with van der Waals surface area (Å²) in [5, 5.41) is 14.9. The van der Waals surface area contributed by atoms with Gasteiger partial charge in [-0.25, -0.2) is 0 Å². The largest absolute Gasteiger partial charge is 0.354 e. The molecule has 7 heteroatoms. The number of para-hydroxylation sites is 1. The third kappa shape index (κ3) is 4.89. The van der Waals surface area contributed by atoms with Crippen molar-refractivity contribution in [2.75, 3.05) is 12.3 Å². The molecule has 1 aliphatic carbocycles. The molecule has 1 fully saturated rings. The molecule has 2 heterocycles. The summed E-state index contributed by atoms with van der Waals surface area (Å²) in [4.78, 5) is 14.0. The second kappa shape index (κ2) is 9.93. The van der Waals surface area contributed by atoms with Crippen molar-refractivity contribution in [2.24, 2.45) is 0 Å². The number of nitrogens with one attached hydrogen (secondary N) is 1. The smallest absolute Gasteiger partial charge is 0.230 e. The number of hydrogen-bond acceptors (Lipinski definition) is 5. The van der Waals surface area contributed by atoms with E-state index >= 15 is 0 Å². The molecule has 168 valence electrons. The van der Waals surface area contributed by atoms with Gasteiger partial charge in [-0.2, -0.15) is 0 Å². The minimum Gasteiger partial charge on any atom is -0.354 e. The molecule has 5 nitrogen and oxygen atoms in total. The Morgan fingerprint density at radius 3 is 2.42 bits per heavy atom. The van der Waals surface area contributed by atoms with Gasteiger partial charge in [0.1, 0.15) is 5.82 Å². The molecule has 5 rings (SSSR count). The number of nitrogens with zero attached hydrogens (tertiary/aromatic N) is 3. The minimum absolute atomic E-state index is 0.0321. The topological polar surface area (TPSA) is 59.8 Å². The Bertz CT molecular complexity index is 1190. The quantitative estimate of drug-likeness (QED) is 0.337. The van der Waals surface area contributed by atoms with Crippen molar-refractivity contribution in [1.29, 1.82) is 0 Å². The molecule has 0 atom stereocenters. The van der Waals surface area contributed by atoms with Gasteiger partial charge in [-0.05, 0) is 42.0 Å². The number of thioether (sulfide) groups is 1. The molecule has 1 saturated carbocycles. The summed E-state index contributed by atoms with van der Waals surface area (Å²) in [6.45, 7) is 0.686. The molecule has 4 aromatic rings. The average Bonchev–Trinajstić information content (AvgIpc) is 3.48. The fraction of sp³-hybridized carbons (Fsp3) is 0.269. The normalized spacial score (nSPS) is 14.5. The minimum atomic E-state index is 0.0321. The summed E-state index contributed by atoms with van der Waals surface area (Å²) in [6.07, 6.45) is 4.18. The number of aromatic nitrogens is 3. The Labute approximate surface area is 202 Å². The summed E-state index contributed by atoms with van der Waals surface area (Å²) < 4.78 is 2.06. The second-order valence-corrected chi connectivity index (χ2v) is 10.4.